The van der Waals surface area contributed by atoms with Crippen LogP contribution in [0.2, 0.25) is 5.02 Å². The van der Waals surface area contributed by atoms with Gasteiger partial charge in [0.05, 0.1) is 12.8 Å². The SMILES string of the molecule is COc1cc(Cl)c(C)cc1NC(=O)c1ccnc(NC2CCCCCC2)n1. The summed E-state index contributed by atoms with van der Waals surface area (Å²) in [6.45, 7) is 1.87. The lowest BCUT2D eigenvalue weighted by atomic mass is 10.1. The fourth-order valence-corrected chi connectivity index (χ4v) is 3.43. The highest BCUT2D eigenvalue weighted by atomic mass is 35.5. The third-order valence-electron chi connectivity index (χ3n) is 4.81. The number of benzene rings is 1. The molecule has 1 amide bonds. The van der Waals surface area contributed by atoms with Crippen molar-refractivity contribution in [1.82, 2.24) is 9.97 Å². The first kappa shape index (κ1) is 19.4. The fourth-order valence-electron chi connectivity index (χ4n) is 3.28. The normalized spacial score (nSPS) is 15.1. The zero-order valence-electron chi connectivity index (χ0n) is 15.7. The van der Waals surface area contributed by atoms with Gasteiger partial charge in [-0.1, -0.05) is 37.3 Å². The number of nitrogens with one attached hydrogen (secondary N) is 2. The number of hydrogen-bond acceptors (Lipinski definition) is 5. The number of amides is 1. The number of halogens is 1. The second kappa shape index (κ2) is 9.04. The molecule has 3 rings (SSSR count). The maximum absolute atomic E-state index is 12.7. The van der Waals surface area contributed by atoms with Gasteiger partial charge in [0.1, 0.15) is 11.4 Å². The molecule has 2 aromatic rings. The molecule has 1 saturated carbocycles. The van der Waals surface area contributed by atoms with E-state index < -0.39 is 0 Å². The van der Waals surface area contributed by atoms with Crippen molar-refractivity contribution in [2.45, 2.75) is 51.5 Å². The number of carbonyl (C=O) groups is 1. The predicted octanol–water partition coefficient (Wildman–Crippen LogP) is 4.83. The minimum Gasteiger partial charge on any atom is -0.495 e. The van der Waals surface area contributed by atoms with Crippen molar-refractivity contribution in [3.8, 4) is 5.75 Å². The Bertz CT molecular complexity index is 805. The summed E-state index contributed by atoms with van der Waals surface area (Å²) in [5, 5.41) is 6.81. The van der Waals surface area contributed by atoms with Crippen LogP contribution in [0.4, 0.5) is 11.6 Å². The Labute approximate surface area is 164 Å². The van der Waals surface area contributed by atoms with Crippen LogP contribution in [0.1, 0.15) is 54.6 Å². The lowest BCUT2D eigenvalue weighted by Gasteiger charge is -2.16. The molecule has 1 heterocycles. The summed E-state index contributed by atoms with van der Waals surface area (Å²) in [4.78, 5) is 21.3. The van der Waals surface area contributed by atoms with E-state index in [0.29, 0.717) is 34.1 Å². The van der Waals surface area contributed by atoms with Crippen LogP contribution in [-0.4, -0.2) is 29.0 Å². The van der Waals surface area contributed by atoms with E-state index in [1.807, 2.05) is 6.92 Å². The first-order chi connectivity index (χ1) is 13.1. The van der Waals surface area contributed by atoms with E-state index in [4.69, 9.17) is 16.3 Å². The van der Waals surface area contributed by atoms with Crippen LogP contribution in [-0.2, 0) is 0 Å². The molecule has 0 saturated heterocycles. The smallest absolute Gasteiger partial charge is 0.274 e. The third-order valence-corrected chi connectivity index (χ3v) is 5.21. The van der Waals surface area contributed by atoms with Crippen molar-refractivity contribution in [1.29, 1.82) is 0 Å². The Hall–Kier alpha value is -2.34. The molecule has 0 radical (unpaired) electrons. The van der Waals surface area contributed by atoms with E-state index in [-0.39, 0.29) is 5.91 Å². The van der Waals surface area contributed by atoms with E-state index in [0.717, 1.165) is 18.4 Å². The minimum atomic E-state index is -0.318. The number of rotatable bonds is 5. The summed E-state index contributed by atoms with van der Waals surface area (Å²) in [6.07, 6.45) is 8.82. The van der Waals surface area contributed by atoms with E-state index in [9.17, 15) is 4.79 Å². The first-order valence-electron chi connectivity index (χ1n) is 9.32. The van der Waals surface area contributed by atoms with Gasteiger partial charge in [-0.05, 0) is 37.5 Å². The standard InChI is InChI=1S/C20H25ClN4O2/c1-13-11-17(18(27-2)12-15(13)21)24-19(26)16-9-10-22-20(25-16)23-14-7-5-3-4-6-8-14/h9-12,14H,3-8H2,1-2H3,(H,24,26)(H,22,23,25). The largest absolute Gasteiger partial charge is 0.495 e. The second-order valence-electron chi connectivity index (χ2n) is 6.85. The third kappa shape index (κ3) is 5.10. The number of nitrogens with zero attached hydrogens (tertiary/aromatic N) is 2. The molecular formula is C20H25ClN4O2. The summed E-state index contributed by atoms with van der Waals surface area (Å²) >= 11 is 6.12. The number of hydrogen-bond donors (Lipinski definition) is 2. The number of aromatic nitrogens is 2. The fraction of sp³-hybridized carbons (Fsp3) is 0.450. The van der Waals surface area contributed by atoms with Crippen LogP contribution >= 0.6 is 11.6 Å². The van der Waals surface area contributed by atoms with Gasteiger partial charge in [0.25, 0.3) is 5.91 Å². The molecule has 144 valence electrons. The molecule has 1 fully saturated rings. The van der Waals surface area contributed by atoms with Crippen LogP contribution in [0.15, 0.2) is 24.4 Å². The Kier molecular flexibility index (Phi) is 6.50. The molecule has 1 aromatic carbocycles. The maximum atomic E-state index is 12.7. The van der Waals surface area contributed by atoms with Crippen LogP contribution in [0.25, 0.3) is 0 Å². The highest BCUT2D eigenvalue weighted by Gasteiger charge is 2.16. The summed E-state index contributed by atoms with van der Waals surface area (Å²) in [5.41, 5.74) is 1.71. The monoisotopic (exact) mass is 388 g/mol. The molecule has 1 aromatic heterocycles. The van der Waals surface area contributed by atoms with Gasteiger partial charge in [-0.15, -0.1) is 0 Å². The minimum absolute atomic E-state index is 0.302. The zero-order valence-corrected chi connectivity index (χ0v) is 16.5. The van der Waals surface area contributed by atoms with Crippen molar-refractivity contribution < 1.29 is 9.53 Å². The molecule has 1 aliphatic rings. The highest BCUT2D eigenvalue weighted by molar-refractivity contribution is 6.31. The highest BCUT2D eigenvalue weighted by Crippen LogP contribution is 2.31. The Morgan fingerprint density at radius 1 is 1.22 bits per heavy atom. The zero-order chi connectivity index (χ0) is 19.2. The molecule has 0 spiro atoms. The van der Waals surface area contributed by atoms with Gasteiger partial charge in [-0.2, -0.15) is 0 Å². The Morgan fingerprint density at radius 2 is 1.96 bits per heavy atom. The molecule has 1 aliphatic carbocycles. The maximum Gasteiger partial charge on any atom is 0.274 e. The molecule has 0 aliphatic heterocycles. The summed E-state index contributed by atoms with van der Waals surface area (Å²) < 4.78 is 5.31. The Balaban J connectivity index is 1.73. The van der Waals surface area contributed by atoms with Crippen LogP contribution in [0.5, 0.6) is 5.75 Å². The number of anilines is 2. The van der Waals surface area contributed by atoms with Crippen LogP contribution in [0.3, 0.4) is 0 Å². The van der Waals surface area contributed by atoms with E-state index in [1.165, 1.54) is 32.8 Å². The molecular weight excluding hydrogens is 364 g/mol. The van der Waals surface area contributed by atoms with Crippen molar-refractivity contribution in [2.75, 3.05) is 17.7 Å². The summed E-state index contributed by atoms with van der Waals surface area (Å²) in [6, 6.07) is 5.43. The molecule has 0 atom stereocenters. The lowest BCUT2D eigenvalue weighted by Crippen LogP contribution is -2.21. The van der Waals surface area contributed by atoms with E-state index in [2.05, 4.69) is 20.6 Å². The molecule has 7 heteroatoms. The van der Waals surface area contributed by atoms with Crippen molar-refractivity contribution in [3.05, 3.63) is 40.7 Å². The van der Waals surface area contributed by atoms with Crippen molar-refractivity contribution in [2.24, 2.45) is 0 Å². The van der Waals surface area contributed by atoms with Gasteiger partial charge in [0.2, 0.25) is 5.95 Å². The van der Waals surface area contributed by atoms with E-state index >= 15 is 0 Å². The number of ether oxygens (including phenoxy) is 1. The Morgan fingerprint density at radius 3 is 2.67 bits per heavy atom. The average Bonchev–Trinajstić information content (AvgIpc) is 2.93. The van der Waals surface area contributed by atoms with E-state index in [1.54, 1.807) is 24.4 Å². The van der Waals surface area contributed by atoms with Crippen molar-refractivity contribution in [3.63, 3.8) is 0 Å². The lowest BCUT2D eigenvalue weighted by molar-refractivity contribution is 0.102. The summed E-state index contributed by atoms with van der Waals surface area (Å²) in [7, 11) is 1.54. The number of methoxy groups -OCH3 is 1. The second-order valence-corrected chi connectivity index (χ2v) is 7.26. The molecule has 27 heavy (non-hydrogen) atoms. The van der Waals surface area contributed by atoms with Gasteiger partial charge < -0.3 is 15.4 Å². The average molecular weight is 389 g/mol. The van der Waals surface area contributed by atoms with Crippen molar-refractivity contribution >= 4 is 29.1 Å². The van der Waals surface area contributed by atoms with Crippen LogP contribution < -0.4 is 15.4 Å². The van der Waals surface area contributed by atoms with Gasteiger partial charge in [-0.3, -0.25) is 4.79 Å². The number of carbonyl (C=O) groups excluding carboxylic acids is 1. The predicted molar refractivity (Wildman–Crippen MR) is 108 cm³/mol. The molecule has 2 N–H and O–H groups in total. The molecule has 0 unspecified atom stereocenters. The molecule has 0 bridgehead atoms. The molecule has 6 nitrogen and oxygen atoms in total. The van der Waals surface area contributed by atoms with Gasteiger partial charge in [0, 0.05) is 23.3 Å². The van der Waals surface area contributed by atoms with Crippen LogP contribution in [0, 0.1) is 6.92 Å². The van der Waals surface area contributed by atoms with Gasteiger partial charge >= 0.3 is 0 Å². The van der Waals surface area contributed by atoms with Gasteiger partial charge in [-0.25, -0.2) is 9.97 Å². The topological polar surface area (TPSA) is 76.1 Å². The van der Waals surface area contributed by atoms with Gasteiger partial charge in [0.15, 0.2) is 0 Å². The quantitative estimate of drug-likeness (QED) is 0.717. The number of aryl methyl sites for hydroxylation is 1. The first-order valence-corrected chi connectivity index (χ1v) is 9.69. The summed E-state index contributed by atoms with van der Waals surface area (Å²) in [5.74, 6) is 0.681.